The van der Waals surface area contributed by atoms with Gasteiger partial charge in [0.2, 0.25) is 47.3 Å². The molecule has 8 atom stereocenters. The van der Waals surface area contributed by atoms with E-state index in [4.69, 9.17) is 17.2 Å². The zero-order valence-electron chi connectivity index (χ0n) is 39.6. The van der Waals surface area contributed by atoms with Gasteiger partial charge in [0.05, 0.1) is 12.1 Å². The number of phenolic OH excluding ortho intramolecular Hbond substituents is 1. The number of aromatic hydroxyl groups is 1. The lowest BCUT2D eigenvalue weighted by molar-refractivity contribution is -0.137. The molecule has 0 aliphatic heterocycles. The predicted octanol–water partition coefficient (Wildman–Crippen LogP) is -1.50. The van der Waals surface area contributed by atoms with Gasteiger partial charge in [-0.25, -0.2) is 0 Å². The zero-order chi connectivity index (χ0) is 52.4. The number of thiol groups is 2. The number of carbonyl (C=O) groups excluding carboxylic acids is 8. The number of H-pyrrole nitrogens is 1. The first kappa shape index (κ1) is 56.9. The fourth-order valence-electron chi connectivity index (χ4n) is 7.32. The van der Waals surface area contributed by atoms with Crippen LogP contribution < -0.4 is 54.4 Å². The van der Waals surface area contributed by atoms with Crippen molar-refractivity contribution >= 4 is 83.4 Å². The van der Waals surface area contributed by atoms with E-state index in [0.29, 0.717) is 11.1 Å². The number of primary amides is 1. The summed E-state index contributed by atoms with van der Waals surface area (Å²) in [4.78, 5) is 112. The second-order valence-electron chi connectivity index (χ2n) is 17.5. The number of phenols is 1. The van der Waals surface area contributed by atoms with Gasteiger partial charge in [0.15, 0.2) is 0 Å². The van der Waals surface area contributed by atoms with Crippen molar-refractivity contribution in [3.05, 3.63) is 102 Å². The van der Waals surface area contributed by atoms with Gasteiger partial charge in [-0.05, 0) is 81.5 Å². The number of amides is 8. The van der Waals surface area contributed by atoms with Crippen LogP contribution in [0.25, 0.3) is 10.9 Å². The average molecular weight is 1020 g/mol. The van der Waals surface area contributed by atoms with Gasteiger partial charge in [-0.15, -0.1) is 0 Å². The summed E-state index contributed by atoms with van der Waals surface area (Å²) in [6.07, 6.45) is 0.476. The Kier molecular flexibility index (Phi) is 21.7. The Hall–Kier alpha value is -6.66. The highest BCUT2D eigenvalue weighted by molar-refractivity contribution is 7.80. The maximum absolute atomic E-state index is 14.6. The van der Waals surface area contributed by atoms with E-state index in [1.807, 2.05) is 36.4 Å². The molecule has 0 saturated carbocycles. The highest BCUT2D eigenvalue weighted by Crippen LogP contribution is 2.20. The molecule has 71 heavy (non-hydrogen) atoms. The molecule has 4 rings (SSSR count). The van der Waals surface area contributed by atoms with Crippen LogP contribution in [0.1, 0.15) is 50.3 Å². The molecule has 3 aromatic carbocycles. The van der Waals surface area contributed by atoms with Crippen LogP contribution in [-0.2, 0) is 57.6 Å². The lowest BCUT2D eigenvalue weighted by Crippen LogP contribution is -2.64. The average Bonchev–Trinajstić information content (AvgIpc) is 3.74. The Morgan fingerprint density at radius 3 is 1.76 bits per heavy atom. The lowest BCUT2D eigenvalue weighted by atomic mass is 10.00. The minimum Gasteiger partial charge on any atom is -0.508 e. The highest BCUT2D eigenvalue weighted by Gasteiger charge is 2.37. The Labute approximate surface area is 422 Å². The van der Waals surface area contributed by atoms with Crippen LogP contribution in [-0.4, -0.2) is 134 Å². The van der Waals surface area contributed by atoms with E-state index in [-0.39, 0.29) is 55.9 Å². The van der Waals surface area contributed by atoms with Crippen LogP contribution in [0, 0.1) is 0 Å². The Balaban J connectivity index is 1.60. The molecule has 0 aliphatic rings. The van der Waals surface area contributed by atoms with E-state index < -0.39 is 101 Å². The number of rotatable bonds is 27. The van der Waals surface area contributed by atoms with Crippen molar-refractivity contribution in [3.63, 3.8) is 0 Å². The zero-order valence-corrected chi connectivity index (χ0v) is 41.4. The molecule has 0 saturated heterocycles. The third-order valence-corrected chi connectivity index (χ3v) is 12.1. The first-order valence-corrected chi connectivity index (χ1v) is 24.1. The van der Waals surface area contributed by atoms with Gasteiger partial charge in [-0.3, -0.25) is 38.4 Å². The molecular formula is C48H65N11O10S2. The molecule has 8 amide bonds. The van der Waals surface area contributed by atoms with Gasteiger partial charge in [0.25, 0.3) is 0 Å². The highest BCUT2D eigenvalue weighted by atomic mass is 32.1. The van der Waals surface area contributed by atoms with E-state index >= 15 is 0 Å². The molecular weight excluding hydrogens is 955 g/mol. The summed E-state index contributed by atoms with van der Waals surface area (Å²) >= 11 is 8.44. The van der Waals surface area contributed by atoms with E-state index in [2.05, 4.69) is 67.5 Å². The van der Waals surface area contributed by atoms with Crippen LogP contribution in [0.15, 0.2) is 85.1 Å². The number of aromatic amines is 1. The summed E-state index contributed by atoms with van der Waals surface area (Å²) in [7, 11) is 0. The second-order valence-corrected chi connectivity index (χ2v) is 18.3. The molecule has 4 aromatic rings. The quantitative estimate of drug-likeness (QED) is 0.0304. The summed E-state index contributed by atoms with van der Waals surface area (Å²) in [5.74, 6) is -7.09. The number of benzene rings is 3. The molecule has 21 nitrogen and oxygen atoms in total. The van der Waals surface area contributed by atoms with Crippen molar-refractivity contribution in [2.45, 2.75) is 107 Å². The van der Waals surface area contributed by atoms with Gasteiger partial charge >= 0.3 is 0 Å². The number of carbonyl (C=O) groups is 8. The molecule has 0 fully saturated rings. The summed E-state index contributed by atoms with van der Waals surface area (Å²) in [6.45, 7) is 4.06. The van der Waals surface area contributed by atoms with Crippen molar-refractivity contribution in [3.8, 4) is 5.75 Å². The van der Waals surface area contributed by atoms with Crippen LogP contribution in [0.3, 0.4) is 0 Å². The fraction of sp³-hybridized carbons (Fsp3) is 0.417. The van der Waals surface area contributed by atoms with E-state index in [9.17, 15) is 48.6 Å². The van der Waals surface area contributed by atoms with Crippen molar-refractivity contribution in [1.82, 2.24) is 42.2 Å². The lowest BCUT2D eigenvalue weighted by Gasteiger charge is -2.31. The monoisotopic (exact) mass is 1020 g/mol. The topological polar surface area (TPSA) is 355 Å². The van der Waals surface area contributed by atoms with Crippen molar-refractivity contribution < 1.29 is 48.6 Å². The molecule has 0 radical (unpaired) electrons. The minimum absolute atomic E-state index is 0.0135. The number of aliphatic hydroxyl groups is 1. The third-order valence-electron chi connectivity index (χ3n) is 11.4. The summed E-state index contributed by atoms with van der Waals surface area (Å²) < 4.78 is 0. The summed E-state index contributed by atoms with van der Waals surface area (Å²) in [6, 6.07) is 13.0. The summed E-state index contributed by atoms with van der Waals surface area (Å²) in [5.41, 5.74) is 18.3. The first-order valence-electron chi connectivity index (χ1n) is 22.8. The molecule has 16 N–H and O–H groups in total. The molecule has 0 spiro atoms. The SMILES string of the molecule is C[C@@H](O)[C@H](NC(=O)[C@H](CS)NC(=O)C(C)(C)NC(=O)[C@H](CCCN)NC(=O)[C@@H](Cc1c[nH]c2ccccc12)NC(=O)[C@H](Cc1ccc(O)cc1)NC(=O)[C@H](CS)NC(=O)[C@H](N)Cc1ccccc1)C(N)=O. The Morgan fingerprint density at radius 2 is 1.17 bits per heavy atom. The molecule has 0 unspecified atom stereocenters. The Morgan fingerprint density at radius 1 is 0.648 bits per heavy atom. The molecule has 384 valence electrons. The molecule has 0 aliphatic carbocycles. The summed E-state index contributed by atoms with van der Waals surface area (Å²) in [5, 5.41) is 38.7. The third kappa shape index (κ3) is 17.0. The normalized spacial score (nSPS) is 14.8. The molecule has 1 aromatic heterocycles. The van der Waals surface area contributed by atoms with Gasteiger partial charge < -0.3 is 69.6 Å². The fourth-order valence-corrected chi connectivity index (χ4v) is 7.83. The van der Waals surface area contributed by atoms with E-state index in [1.54, 1.807) is 36.5 Å². The van der Waals surface area contributed by atoms with E-state index in [0.717, 1.165) is 16.5 Å². The largest absolute Gasteiger partial charge is 0.508 e. The second kappa shape index (κ2) is 27.1. The number of nitrogens with one attached hydrogen (secondary N) is 8. The number of aliphatic hydroxyl groups excluding tert-OH is 1. The maximum atomic E-state index is 14.6. The van der Waals surface area contributed by atoms with E-state index in [1.165, 1.54) is 32.9 Å². The molecule has 23 heteroatoms. The number of nitrogens with two attached hydrogens (primary N) is 3. The molecule has 1 heterocycles. The van der Waals surface area contributed by atoms with Gasteiger partial charge in [0.1, 0.15) is 47.5 Å². The van der Waals surface area contributed by atoms with Crippen molar-refractivity contribution in [1.29, 1.82) is 0 Å². The van der Waals surface area contributed by atoms with Crippen LogP contribution in [0.2, 0.25) is 0 Å². The van der Waals surface area contributed by atoms with Crippen molar-refractivity contribution in [2.75, 3.05) is 18.1 Å². The van der Waals surface area contributed by atoms with Gasteiger partial charge in [0, 0.05) is 41.4 Å². The predicted molar refractivity (Wildman–Crippen MR) is 273 cm³/mol. The number of fused-ring (bicyclic) bond motifs is 1. The number of aromatic nitrogens is 1. The van der Waals surface area contributed by atoms with Crippen LogP contribution in [0.4, 0.5) is 0 Å². The Bertz CT molecular complexity index is 2470. The smallest absolute Gasteiger partial charge is 0.245 e. The molecule has 0 bridgehead atoms. The maximum Gasteiger partial charge on any atom is 0.245 e. The first-order chi connectivity index (χ1) is 33.7. The van der Waals surface area contributed by atoms with Gasteiger partial charge in [-0.2, -0.15) is 25.3 Å². The van der Waals surface area contributed by atoms with Gasteiger partial charge in [-0.1, -0.05) is 60.7 Å². The standard InChI is InChI=1S/C48H65N11O10S2/c1-26(60)39(40(51)62)58-45(67)38(25-71)57-47(69)48(2,3)59-46(68)34(14-9-19-49)53-43(65)36(22-29-23-52-33-13-8-7-12-31(29)33)55-42(64)35(21-28-15-17-30(61)18-16-28)54-44(66)37(24-70)56-41(63)32(50)20-27-10-5-4-6-11-27/h4-8,10-13,15-18,23,26,32,34-39,52,60-61,70-71H,9,14,19-22,24-25,49-50H2,1-3H3,(H2,51,62)(H,53,65)(H,54,66)(H,55,64)(H,56,63)(H,57,69)(H,58,67)(H,59,68)/t26-,32-,34+,35+,36-,37+,38+,39+/m1/s1. The number of hydrogen-bond donors (Lipinski definition) is 15. The van der Waals surface area contributed by atoms with Crippen LogP contribution >= 0.6 is 25.3 Å². The minimum atomic E-state index is -1.73. The number of hydrogen-bond acceptors (Lipinski definition) is 14. The number of para-hydroxylation sites is 1. The van der Waals surface area contributed by atoms with Crippen LogP contribution in [0.5, 0.6) is 5.75 Å². The van der Waals surface area contributed by atoms with Crippen molar-refractivity contribution in [2.24, 2.45) is 17.2 Å².